The lowest BCUT2D eigenvalue weighted by Crippen LogP contribution is -2.20. The van der Waals surface area contributed by atoms with E-state index in [1.54, 1.807) is 54.6 Å². The molecular formula is C25H18Cl3N3O3. The molecule has 0 unspecified atom stereocenters. The number of halogens is 3. The van der Waals surface area contributed by atoms with Crippen molar-refractivity contribution in [2.24, 2.45) is 0 Å². The minimum absolute atomic E-state index is 0.189. The van der Waals surface area contributed by atoms with Crippen LogP contribution in [0.3, 0.4) is 0 Å². The second-order valence-corrected chi connectivity index (χ2v) is 8.40. The molecule has 0 aliphatic heterocycles. The largest absolute Gasteiger partial charge is 0.483 e. The summed E-state index contributed by atoms with van der Waals surface area (Å²) in [6, 6.07) is 18.2. The van der Waals surface area contributed by atoms with E-state index < -0.39 is 11.8 Å². The van der Waals surface area contributed by atoms with Crippen LogP contribution in [0.15, 0.2) is 66.2 Å². The molecule has 6 nitrogen and oxygen atoms in total. The van der Waals surface area contributed by atoms with Crippen molar-refractivity contribution in [3.8, 4) is 11.8 Å². The quantitative estimate of drug-likeness (QED) is 0.277. The summed E-state index contributed by atoms with van der Waals surface area (Å²) in [6.45, 7) is 1.54. The Labute approximate surface area is 211 Å². The molecule has 9 heteroatoms. The molecule has 0 fully saturated rings. The van der Waals surface area contributed by atoms with E-state index in [9.17, 15) is 14.9 Å². The Morgan fingerprint density at radius 2 is 1.71 bits per heavy atom. The maximum atomic E-state index is 12.6. The first-order valence-corrected chi connectivity index (χ1v) is 11.1. The number of amides is 2. The molecule has 3 rings (SSSR count). The Hall–Kier alpha value is -3.50. The van der Waals surface area contributed by atoms with Crippen molar-refractivity contribution < 1.29 is 14.3 Å². The first-order chi connectivity index (χ1) is 16.2. The molecule has 172 valence electrons. The van der Waals surface area contributed by atoms with E-state index in [-0.39, 0.29) is 17.9 Å². The van der Waals surface area contributed by atoms with Gasteiger partial charge in [-0.25, -0.2) is 0 Å². The van der Waals surface area contributed by atoms with Crippen molar-refractivity contribution in [2.75, 3.05) is 17.2 Å². The molecule has 0 radical (unpaired) electrons. The van der Waals surface area contributed by atoms with E-state index >= 15 is 0 Å². The van der Waals surface area contributed by atoms with Gasteiger partial charge in [-0.1, -0.05) is 46.9 Å². The number of anilines is 2. The Balaban J connectivity index is 1.74. The van der Waals surface area contributed by atoms with Gasteiger partial charge in [0.25, 0.3) is 11.8 Å². The standard InChI is InChI=1S/C25H18Cl3N3O3/c1-15-5-7-21(12-22(15)28)30-24(32)14-34-23-8-6-19(27)10-16(23)9-17(13-29)25(33)31-20-4-2-3-18(26)11-20/h2-12H,14H2,1H3,(H,30,32)(H,31,33)/b17-9-. The highest BCUT2D eigenvalue weighted by Crippen LogP contribution is 2.26. The molecule has 0 aromatic heterocycles. The molecule has 34 heavy (non-hydrogen) atoms. The van der Waals surface area contributed by atoms with Crippen molar-refractivity contribution in [1.29, 1.82) is 5.26 Å². The van der Waals surface area contributed by atoms with E-state index in [4.69, 9.17) is 39.5 Å². The third-order valence-electron chi connectivity index (χ3n) is 4.53. The van der Waals surface area contributed by atoms with Gasteiger partial charge >= 0.3 is 0 Å². The van der Waals surface area contributed by atoms with Crippen LogP contribution in [0.5, 0.6) is 5.75 Å². The van der Waals surface area contributed by atoms with Gasteiger partial charge in [0.2, 0.25) is 0 Å². The second-order valence-electron chi connectivity index (χ2n) is 7.12. The fourth-order valence-corrected chi connectivity index (χ4v) is 3.39. The predicted molar refractivity (Wildman–Crippen MR) is 135 cm³/mol. The number of rotatable bonds is 7. The summed E-state index contributed by atoms with van der Waals surface area (Å²) in [5.74, 6) is -0.779. The van der Waals surface area contributed by atoms with E-state index in [1.807, 2.05) is 13.0 Å². The number of aryl methyl sites for hydroxylation is 1. The average Bonchev–Trinajstić information content (AvgIpc) is 2.79. The Morgan fingerprint density at radius 3 is 2.41 bits per heavy atom. The van der Waals surface area contributed by atoms with Gasteiger partial charge in [0.1, 0.15) is 17.4 Å². The highest BCUT2D eigenvalue weighted by molar-refractivity contribution is 6.32. The molecule has 2 N–H and O–H groups in total. The summed E-state index contributed by atoms with van der Waals surface area (Å²) in [4.78, 5) is 24.9. The number of hydrogen-bond acceptors (Lipinski definition) is 4. The van der Waals surface area contributed by atoms with Crippen LogP contribution in [0.25, 0.3) is 6.08 Å². The zero-order chi connectivity index (χ0) is 24.7. The van der Waals surface area contributed by atoms with Crippen molar-refractivity contribution in [1.82, 2.24) is 0 Å². The molecule has 0 saturated carbocycles. The monoisotopic (exact) mass is 513 g/mol. The third-order valence-corrected chi connectivity index (χ3v) is 5.41. The fraction of sp³-hybridized carbons (Fsp3) is 0.0800. The first-order valence-electron chi connectivity index (χ1n) is 9.92. The van der Waals surface area contributed by atoms with Gasteiger partial charge in [-0.3, -0.25) is 9.59 Å². The van der Waals surface area contributed by atoms with Gasteiger partial charge in [-0.15, -0.1) is 0 Å². The lowest BCUT2D eigenvalue weighted by molar-refractivity contribution is -0.118. The van der Waals surface area contributed by atoms with Gasteiger partial charge in [0.15, 0.2) is 6.61 Å². The molecule has 3 aromatic rings. The molecule has 0 bridgehead atoms. The average molecular weight is 515 g/mol. The van der Waals surface area contributed by atoms with Gasteiger partial charge in [0.05, 0.1) is 0 Å². The van der Waals surface area contributed by atoms with E-state index in [0.717, 1.165) is 5.56 Å². The Bertz CT molecular complexity index is 1320. The van der Waals surface area contributed by atoms with Gasteiger partial charge in [-0.2, -0.15) is 5.26 Å². The number of nitrogens with zero attached hydrogens (tertiary/aromatic N) is 1. The van der Waals surface area contributed by atoms with Gasteiger partial charge in [0, 0.05) is 32.0 Å². The SMILES string of the molecule is Cc1ccc(NC(=O)COc2ccc(Cl)cc2/C=C(/C#N)C(=O)Nc2cccc(Cl)c2)cc1Cl. The fourth-order valence-electron chi connectivity index (χ4n) is 2.84. The van der Waals surface area contributed by atoms with Gasteiger partial charge < -0.3 is 15.4 Å². The predicted octanol–water partition coefficient (Wildman–Crippen LogP) is 6.52. The van der Waals surface area contributed by atoms with Crippen LogP contribution in [0.4, 0.5) is 11.4 Å². The van der Waals surface area contributed by atoms with Crippen LogP contribution in [0.2, 0.25) is 15.1 Å². The van der Waals surface area contributed by atoms with Crippen molar-refractivity contribution >= 4 is 64.1 Å². The van der Waals surface area contributed by atoms with Crippen LogP contribution in [-0.2, 0) is 9.59 Å². The maximum absolute atomic E-state index is 12.6. The number of carbonyl (C=O) groups is 2. The lowest BCUT2D eigenvalue weighted by Gasteiger charge is -2.11. The minimum Gasteiger partial charge on any atom is -0.483 e. The maximum Gasteiger partial charge on any atom is 0.266 e. The highest BCUT2D eigenvalue weighted by atomic mass is 35.5. The van der Waals surface area contributed by atoms with Crippen LogP contribution >= 0.6 is 34.8 Å². The highest BCUT2D eigenvalue weighted by Gasteiger charge is 2.13. The minimum atomic E-state index is -0.635. The zero-order valence-corrected chi connectivity index (χ0v) is 20.1. The van der Waals surface area contributed by atoms with Crippen molar-refractivity contribution in [3.05, 3.63) is 92.4 Å². The Kier molecular flexibility index (Phi) is 8.55. The smallest absolute Gasteiger partial charge is 0.266 e. The number of ether oxygens (including phenoxy) is 1. The number of nitriles is 1. The molecule has 0 atom stereocenters. The number of carbonyl (C=O) groups excluding carboxylic acids is 2. The molecule has 2 amide bonds. The normalized spacial score (nSPS) is 10.9. The molecule has 0 aliphatic carbocycles. The first kappa shape index (κ1) is 25.1. The summed E-state index contributed by atoms with van der Waals surface area (Å²) in [7, 11) is 0. The van der Waals surface area contributed by atoms with Crippen LogP contribution in [-0.4, -0.2) is 18.4 Å². The third kappa shape index (κ3) is 7.00. The van der Waals surface area contributed by atoms with E-state index in [1.165, 1.54) is 12.1 Å². The zero-order valence-electron chi connectivity index (χ0n) is 17.9. The summed E-state index contributed by atoms with van der Waals surface area (Å²) in [5, 5.41) is 16.2. The summed E-state index contributed by atoms with van der Waals surface area (Å²) < 4.78 is 5.63. The van der Waals surface area contributed by atoms with E-state index in [0.29, 0.717) is 32.0 Å². The van der Waals surface area contributed by atoms with Crippen LogP contribution in [0, 0.1) is 18.3 Å². The summed E-state index contributed by atoms with van der Waals surface area (Å²) in [6.07, 6.45) is 1.33. The van der Waals surface area contributed by atoms with E-state index in [2.05, 4.69) is 10.6 Å². The molecule has 0 aliphatic rings. The number of hydrogen-bond donors (Lipinski definition) is 2. The van der Waals surface area contributed by atoms with Gasteiger partial charge in [-0.05, 0) is 67.1 Å². The topological polar surface area (TPSA) is 91.2 Å². The molecule has 0 saturated heterocycles. The summed E-state index contributed by atoms with van der Waals surface area (Å²) >= 11 is 18.1. The Morgan fingerprint density at radius 1 is 0.971 bits per heavy atom. The second kappa shape index (κ2) is 11.6. The molecular weight excluding hydrogens is 497 g/mol. The van der Waals surface area contributed by atoms with Crippen LogP contribution in [0.1, 0.15) is 11.1 Å². The van der Waals surface area contributed by atoms with Crippen molar-refractivity contribution in [3.63, 3.8) is 0 Å². The number of nitrogens with one attached hydrogen (secondary N) is 2. The lowest BCUT2D eigenvalue weighted by atomic mass is 10.1. The molecule has 0 spiro atoms. The summed E-state index contributed by atoms with van der Waals surface area (Å²) in [5.41, 5.74) is 2.03. The molecule has 3 aromatic carbocycles. The number of benzene rings is 3. The molecule has 0 heterocycles. The van der Waals surface area contributed by atoms with Crippen LogP contribution < -0.4 is 15.4 Å². The van der Waals surface area contributed by atoms with Crippen molar-refractivity contribution in [2.45, 2.75) is 6.92 Å².